The monoisotopic (exact) mass is 644 g/mol. The third-order valence-corrected chi connectivity index (χ3v) is 11.4. The molecule has 2 aliphatic rings. The van der Waals surface area contributed by atoms with Crippen LogP contribution in [0.15, 0.2) is 168 Å². The Hall–Kier alpha value is -5.10. The van der Waals surface area contributed by atoms with Gasteiger partial charge in [0.2, 0.25) is 0 Å². The van der Waals surface area contributed by atoms with Crippen molar-refractivity contribution in [3.63, 3.8) is 0 Å². The van der Waals surface area contributed by atoms with Crippen LogP contribution in [0, 0.1) is 5.82 Å². The Labute approximate surface area is 281 Å². The Morgan fingerprint density at radius 1 is 0.553 bits per heavy atom. The molecule has 5 heteroatoms. The second-order valence-electron chi connectivity index (χ2n) is 11.8. The lowest BCUT2D eigenvalue weighted by molar-refractivity contribution is 0.620. The van der Waals surface area contributed by atoms with Crippen LogP contribution in [-0.4, -0.2) is 5.25 Å². The van der Waals surface area contributed by atoms with Gasteiger partial charge in [0.25, 0.3) is 0 Å². The fourth-order valence-corrected chi connectivity index (χ4v) is 9.28. The molecule has 9 rings (SSSR count). The molecule has 0 saturated carbocycles. The predicted octanol–water partition coefficient (Wildman–Crippen LogP) is 12.6. The number of allylic oxidation sites excluding steroid dienone is 2. The molecule has 0 amide bonds. The molecule has 1 unspecified atom stereocenters. The Balaban J connectivity index is 1.15. The van der Waals surface area contributed by atoms with Gasteiger partial charge in [-0.05, 0) is 96.9 Å². The number of benzene rings is 6. The molecule has 0 fully saturated rings. The Morgan fingerprint density at radius 3 is 1.89 bits per heavy atom. The summed E-state index contributed by atoms with van der Waals surface area (Å²) in [5.41, 5.74) is 8.46. The summed E-state index contributed by atoms with van der Waals surface area (Å²) in [6.07, 6.45) is 5.36. The van der Waals surface area contributed by atoms with E-state index >= 15 is 4.39 Å². The molecule has 1 aromatic heterocycles. The van der Waals surface area contributed by atoms with E-state index in [9.17, 15) is 0 Å². The quantitative estimate of drug-likeness (QED) is 0.178. The standard InChI is InChI=1S/C42H29FN2S2/c43-37-17-10-18-40-42(37)36-26-32(21-24-39(36)46-40)45(30-15-8-3-9-16-30)33-19-22-34-35-25-31(20-23-38(35)47-41(34)27-33)44(28-11-4-1-5-12-28)29-13-6-2-7-14-29/h1-23,25-27,39H,24H2. The number of thiophene rings is 1. The Morgan fingerprint density at radius 2 is 1.19 bits per heavy atom. The van der Waals surface area contributed by atoms with Gasteiger partial charge in [-0.25, -0.2) is 4.39 Å². The molecule has 0 bridgehead atoms. The van der Waals surface area contributed by atoms with Crippen LogP contribution in [0.4, 0.5) is 32.8 Å². The SMILES string of the molecule is Fc1cccc2c1C1=CC(N(c3ccccc3)c3ccc4c(c3)sc3ccc(N(c5ccccc5)c5ccccc5)cc34)=CCC1S2. The molecular weight excluding hydrogens is 616 g/mol. The predicted molar refractivity (Wildman–Crippen MR) is 199 cm³/mol. The van der Waals surface area contributed by atoms with Crippen molar-refractivity contribution < 1.29 is 4.39 Å². The summed E-state index contributed by atoms with van der Waals surface area (Å²) >= 11 is 3.59. The lowest BCUT2D eigenvalue weighted by Gasteiger charge is -2.29. The molecule has 226 valence electrons. The van der Waals surface area contributed by atoms with E-state index in [1.807, 2.05) is 29.5 Å². The first kappa shape index (κ1) is 28.1. The van der Waals surface area contributed by atoms with E-state index < -0.39 is 0 Å². The second-order valence-corrected chi connectivity index (χ2v) is 14.2. The van der Waals surface area contributed by atoms with Gasteiger partial charge in [0.05, 0.1) is 0 Å². The van der Waals surface area contributed by atoms with Crippen molar-refractivity contribution in [3.8, 4) is 0 Å². The van der Waals surface area contributed by atoms with Gasteiger partial charge in [-0.1, -0.05) is 72.8 Å². The zero-order valence-electron chi connectivity index (χ0n) is 25.4. The maximum Gasteiger partial charge on any atom is 0.131 e. The van der Waals surface area contributed by atoms with Crippen molar-refractivity contribution in [2.75, 3.05) is 9.80 Å². The van der Waals surface area contributed by atoms with Crippen LogP contribution >= 0.6 is 23.1 Å². The number of anilines is 5. The van der Waals surface area contributed by atoms with Gasteiger partial charge in [-0.15, -0.1) is 23.1 Å². The lowest BCUT2D eigenvalue weighted by Crippen LogP contribution is -2.19. The van der Waals surface area contributed by atoms with E-state index in [0.29, 0.717) is 0 Å². The normalized spacial score (nSPS) is 15.2. The van der Waals surface area contributed by atoms with Crippen LogP contribution in [0.2, 0.25) is 0 Å². The number of fused-ring (bicyclic) bond motifs is 6. The molecule has 47 heavy (non-hydrogen) atoms. The van der Waals surface area contributed by atoms with Crippen LogP contribution in [0.5, 0.6) is 0 Å². The minimum Gasteiger partial charge on any atom is -0.311 e. The first-order valence-electron chi connectivity index (χ1n) is 15.8. The van der Waals surface area contributed by atoms with Gasteiger partial charge in [0, 0.05) is 70.0 Å². The average Bonchev–Trinajstić information content (AvgIpc) is 3.68. The fraction of sp³-hybridized carbons (Fsp3) is 0.0476. The van der Waals surface area contributed by atoms with E-state index in [2.05, 4.69) is 143 Å². The zero-order valence-corrected chi connectivity index (χ0v) is 27.0. The fourth-order valence-electron chi connectivity index (χ4n) is 6.86. The number of hydrogen-bond acceptors (Lipinski definition) is 4. The highest BCUT2D eigenvalue weighted by Gasteiger charge is 2.33. The van der Waals surface area contributed by atoms with Crippen molar-refractivity contribution in [1.29, 1.82) is 0 Å². The molecule has 1 atom stereocenters. The highest BCUT2D eigenvalue weighted by Crippen LogP contribution is 2.51. The summed E-state index contributed by atoms with van der Waals surface area (Å²) in [4.78, 5) is 5.66. The first-order chi connectivity index (χ1) is 23.2. The number of halogens is 1. The summed E-state index contributed by atoms with van der Waals surface area (Å²) < 4.78 is 17.6. The van der Waals surface area contributed by atoms with E-state index in [4.69, 9.17) is 0 Å². The molecule has 0 radical (unpaired) electrons. The van der Waals surface area contributed by atoms with Crippen LogP contribution < -0.4 is 9.80 Å². The number of hydrogen-bond donors (Lipinski definition) is 0. The van der Waals surface area contributed by atoms with Gasteiger partial charge >= 0.3 is 0 Å². The third kappa shape index (κ3) is 4.94. The van der Waals surface area contributed by atoms with Gasteiger partial charge in [-0.3, -0.25) is 0 Å². The van der Waals surface area contributed by atoms with Crippen molar-refractivity contribution in [2.45, 2.75) is 16.6 Å². The maximum atomic E-state index is 15.1. The number of nitrogens with zero attached hydrogens (tertiary/aromatic N) is 2. The largest absolute Gasteiger partial charge is 0.311 e. The van der Waals surface area contributed by atoms with Crippen molar-refractivity contribution in [2.24, 2.45) is 0 Å². The van der Waals surface area contributed by atoms with Crippen LogP contribution in [0.25, 0.3) is 25.7 Å². The van der Waals surface area contributed by atoms with Gasteiger partial charge in [-0.2, -0.15) is 0 Å². The van der Waals surface area contributed by atoms with Crippen LogP contribution in [0.1, 0.15) is 12.0 Å². The molecule has 0 spiro atoms. The van der Waals surface area contributed by atoms with Gasteiger partial charge in [0.1, 0.15) is 5.82 Å². The van der Waals surface area contributed by atoms with Crippen LogP contribution in [-0.2, 0) is 0 Å². The van der Waals surface area contributed by atoms with E-state index in [-0.39, 0.29) is 11.1 Å². The molecule has 0 N–H and O–H groups in total. The van der Waals surface area contributed by atoms with E-state index in [1.165, 1.54) is 20.2 Å². The Bertz CT molecular complexity index is 2290. The number of para-hydroxylation sites is 3. The summed E-state index contributed by atoms with van der Waals surface area (Å²) in [6, 6.07) is 50.6. The third-order valence-electron chi connectivity index (χ3n) is 8.98. The van der Waals surface area contributed by atoms with Crippen molar-refractivity contribution in [3.05, 3.63) is 175 Å². The minimum absolute atomic E-state index is 0.139. The highest BCUT2D eigenvalue weighted by atomic mass is 32.2. The summed E-state index contributed by atoms with van der Waals surface area (Å²) in [6.45, 7) is 0. The molecule has 1 aliphatic carbocycles. The number of thioether (sulfide) groups is 1. The smallest absolute Gasteiger partial charge is 0.131 e. The lowest BCUT2D eigenvalue weighted by atomic mass is 9.94. The number of rotatable bonds is 6. The second kappa shape index (κ2) is 11.6. The van der Waals surface area contributed by atoms with Crippen molar-refractivity contribution in [1.82, 2.24) is 0 Å². The van der Waals surface area contributed by atoms with E-state index in [0.717, 1.165) is 56.6 Å². The summed E-state index contributed by atoms with van der Waals surface area (Å²) in [5, 5.41) is 2.73. The maximum absolute atomic E-state index is 15.1. The summed E-state index contributed by atoms with van der Waals surface area (Å²) in [5.74, 6) is -0.139. The van der Waals surface area contributed by atoms with E-state index in [1.54, 1.807) is 17.8 Å². The molecule has 2 nitrogen and oxygen atoms in total. The zero-order chi connectivity index (χ0) is 31.3. The van der Waals surface area contributed by atoms with Gasteiger partial charge < -0.3 is 9.80 Å². The molecule has 2 heterocycles. The molecule has 6 aromatic carbocycles. The summed E-state index contributed by atoms with van der Waals surface area (Å²) in [7, 11) is 0. The molecule has 0 saturated heterocycles. The molecule has 7 aromatic rings. The highest BCUT2D eigenvalue weighted by molar-refractivity contribution is 8.00. The molecular formula is C42H29FN2S2. The van der Waals surface area contributed by atoms with Gasteiger partial charge in [0.15, 0.2) is 0 Å². The van der Waals surface area contributed by atoms with Crippen molar-refractivity contribution >= 4 is 77.3 Å². The first-order valence-corrected chi connectivity index (χ1v) is 17.5. The topological polar surface area (TPSA) is 6.48 Å². The Kier molecular flexibility index (Phi) is 6.95. The minimum atomic E-state index is -0.139. The van der Waals surface area contributed by atoms with Crippen LogP contribution in [0.3, 0.4) is 0 Å². The average molecular weight is 645 g/mol. The molecule has 1 aliphatic heterocycles.